The summed E-state index contributed by atoms with van der Waals surface area (Å²) in [4.78, 5) is 28.6. The normalized spacial score (nSPS) is 10.8. The van der Waals surface area contributed by atoms with Gasteiger partial charge in [0, 0.05) is 18.4 Å². The summed E-state index contributed by atoms with van der Waals surface area (Å²) in [7, 11) is 0. The maximum atomic E-state index is 12.2. The quantitative estimate of drug-likeness (QED) is 0.696. The molecule has 0 fully saturated rings. The molecular formula is C19H18N2O2S. The number of anilines is 1. The smallest absolute Gasteiger partial charge is 0.226 e. The molecule has 0 unspecified atom stereocenters. The molecule has 2 aromatic carbocycles. The van der Waals surface area contributed by atoms with Gasteiger partial charge in [0.05, 0.1) is 10.2 Å². The molecule has 0 atom stereocenters. The molecule has 0 spiro atoms. The van der Waals surface area contributed by atoms with Crippen molar-refractivity contribution in [2.75, 3.05) is 5.32 Å². The second-order valence-corrected chi connectivity index (χ2v) is 6.79. The van der Waals surface area contributed by atoms with E-state index < -0.39 is 0 Å². The maximum absolute atomic E-state index is 12.2. The summed E-state index contributed by atoms with van der Waals surface area (Å²) in [6.07, 6.45) is 0.348. The Morgan fingerprint density at radius 1 is 1.04 bits per heavy atom. The third-order valence-corrected chi connectivity index (χ3v) is 4.90. The van der Waals surface area contributed by atoms with Crippen molar-refractivity contribution in [1.29, 1.82) is 0 Å². The number of thiazole rings is 1. The number of amides is 1. The number of aromatic nitrogens is 1. The number of carbonyl (C=O) groups excluding carboxylic acids is 2. The van der Waals surface area contributed by atoms with Crippen LogP contribution in [0.5, 0.6) is 0 Å². The van der Waals surface area contributed by atoms with E-state index in [1.165, 1.54) is 11.3 Å². The van der Waals surface area contributed by atoms with Crippen molar-refractivity contribution < 1.29 is 9.59 Å². The van der Waals surface area contributed by atoms with E-state index >= 15 is 0 Å². The van der Waals surface area contributed by atoms with E-state index in [9.17, 15) is 9.59 Å². The van der Waals surface area contributed by atoms with E-state index in [1.54, 1.807) is 0 Å². The number of aryl methyl sites for hydroxylation is 2. The summed E-state index contributed by atoms with van der Waals surface area (Å²) in [5.74, 6) is -0.205. The summed E-state index contributed by atoms with van der Waals surface area (Å²) in [6.45, 7) is 3.99. The molecule has 0 bridgehead atoms. The number of para-hydroxylation sites is 1. The predicted molar refractivity (Wildman–Crippen MR) is 97.7 cm³/mol. The molecular weight excluding hydrogens is 320 g/mol. The zero-order valence-corrected chi connectivity index (χ0v) is 14.4. The average molecular weight is 338 g/mol. The van der Waals surface area contributed by atoms with Gasteiger partial charge in [-0.3, -0.25) is 9.59 Å². The van der Waals surface area contributed by atoms with Crippen molar-refractivity contribution in [2.45, 2.75) is 26.7 Å². The molecule has 0 aliphatic carbocycles. The monoisotopic (exact) mass is 338 g/mol. The summed E-state index contributed by atoms with van der Waals surface area (Å²) in [5.41, 5.74) is 3.76. The first-order valence-electron chi connectivity index (χ1n) is 7.79. The summed E-state index contributed by atoms with van der Waals surface area (Å²) in [6, 6.07) is 13.4. The number of fused-ring (bicyclic) bond motifs is 1. The number of nitrogens with zero attached hydrogens (tertiary/aromatic N) is 1. The Morgan fingerprint density at radius 3 is 2.58 bits per heavy atom. The zero-order valence-electron chi connectivity index (χ0n) is 13.6. The van der Waals surface area contributed by atoms with Crippen molar-refractivity contribution in [2.24, 2.45) is 0 Å². The molecule has 0 aliphatic rings. The minimum atomic E-state index is -0.189. The molecule has 1 amide bonds. The molecule has 0 saturated carbocycles. The standard InChI is InChI=1S/C19H18N2O2S/c1-12-7-8-14(11-13(12)2)16(22)9-10-18(23)21-19-20-15-5-3-4-6-17(15)24-19/h3-8,11H,9-10H2,1-2H3,(H,20,21,23). The van der Waals surface area contributed by atoms with Gasteiger partial charge in [0.2, 0.25) is 5.91 Å². The molecule has 1 aromatic heterocycles. The predicted octanol–water partition coefficient (Wildman–Crippen LogP) is 4.51. The lowest BCUT2D eigenvalue weighted by molar-refractivity contribution is -0.116. The van der Waals surface area contributed by atoms with Crippen molar-refractivity contribution in [1.82, 2.24) is 4.98 Å². The van der Waals surface area contributed by atoms with Crippen molar-refractivity contribution in [3.63, 3.8) is 0 Å². The van der Waals surface area contributed by atoms with Crippen LogP contribution in [-0.4, -0.2) is 16.7 Å². The summed E-state index contributed by atoms with van der Waals surface area (Å²) >= 11 is 1.43. The lowest BCUT2D eigenvalue weighted by atomic mass is 10.0. The Kier molecular flexibility index (Phi) is 4.71. The molecule has 1 N–H and O–H groups in total. The van der Waals surface area contributed by atoms with Crippen LogP contribution < -0.4 is 5.32 Å². The number of nitrogens with one attached hydrogen (secondary N) is 1. The zero-order chi connectivity index (χ0) is 17.1. The van der Waals surface area contributed by atoms with Crippen LogP contribution in [0, 0.1) is 13.8 Å². The highest BCUT2D eigenvalue weighted by Gasteiger charge is 2.12. The Balaban J connectivity index is 1.58. The van der Waals surface area contributed by atoms with E-state index in [0.29, 0.717) is 10.7 Å². The van der Waals surface area contributed by atoms with Gasteiger partial charge in [0.1, 0.15) is 0 Å². The van der Waals surface area contributed by atoms with E-state index in [2.05, 4.69) is 10.3 Å². The fourth-order valence-corrected chi connectivity index (χ4v) is 3.28. The van der Waals surface area contributed by atoms with Gasteiger partial charge in [-0.2, -0.15) is 0 Å². The van der Waals surface area contributed by atoms with Crippen LogP contribution in [0.4, 0.5) is 5.13 Å². The average Bonchev–Trinajstić information content (AvgIpc) is 2.97. The van der Waals surface area contributed by atoms with Crippen LogP contribution in [-0.2, 0) is 4.79 Å². The summed E-state index contributed by atoms with van der Waals surface area (Å²) in [5, 5.41) is 3.34. The first-order chi connectivity index (χ1) is 11.5. The Bertz CT molecular complexity index is 882. The van der Waals surface area contributed by atoms with E-state index in [0.717, 1.165) is 21.3 Å². The minimum Gasteiger partial charge on any atom is -0.302 e. The van der Waals surface area contributed by atoms with Crippen LogP contribution in [0.2, 0.25) is 0 Å². The van der Waals surface area contributed by atoms with E-state index in [4.69, 9.17) is 0 Å². The highest BCUT2D eigenvalue weighted by Crippen LogP contribution is 2.25. The Hall–Kier alpha value is -2.53. The lowest BCUT2D eigenvalue weighted by Crippen LogP contribution is -2.13. The number of hydrogen-bond acceptors (Lipinski definition) is 4. The number of hydrogen-bond donors (Lipinski definition) is 1. The molecule has 4 nitrogen and oxygen atoms in total. The van der Waals surface area contributed by atoms with Crippen molar-refractivity contribution in [3.05, 3.63) is 59.2 Å². The third-order valence-electron chi connectivity index (χ3n) is 3.95. The largest absolute Gasteiger partial charge is 0.302 e. The Morgan fingerprint density at radius 2 is 1.83 bits per heavy atom. The van der Waals surface area contributed by atoms with Crippen LogP contribution in [0.3, 0.4) is 0 Å². The minimum absolute atomic E-state index is 0.0162. The van der Waals surface area contributed by atoms with Gasteiger partial charge < -0.3 is 5.32 Å². The first kappa shape index (κ1) is 16.3. The fraction of sp³-hybridized carbons (Fsp3) is 0.211. The first-order valence-corrected chi connectivity index (χ1v) is 8.60. The highest BCUT2D eigenvalue weighted by atomic mass is 32.1. The van der Waals surface area contributed by atoms with Gasteiger partial charge in [-0.15, -0.1) is 0 Å². The van der Waals surface area contributed by atoms with Gasteiger partial charge in [0.15, 0.2) is 10.9 Å². The summed E-state index contributed by atoms with van der Waals surface area (Å²) < 4.78 is 1.03. The van der Waals surface area contributed by atoms with Gasteiger partial charge in [-0.25, -0.2) is 4.98 Å². The molecule has 24 heavy (non-hydrogen) atoms. The molecule has 3 aromatic rings. The Labute approximate surface area is 144 Å². The maximum Gasteiger partial charge on any atom is 0.226 e. The molecule has 122 valence electrons. The topological polar surface area (TPSA) is 59.1 Å². The fourth-order valence-electron chi connectivity index (χ4n) is 2.39. The number of rotatable bonds is 5. The highest BCUT2D eigenvalue weighted by molar-refractivity contribution is 7.22. The van der Waals surface area contributed by atoms with Crippen molar-refractivity contribution in [3.8, 4) is 0 Å². The van der Waals surface area contributed by atoms with Crippen molar-refractivity contribution >= 4 is 38.4 Å². The number of ketones is 1. The number of Topliss-reactive ketones (excluding diaryl/α,β-unsaturated/α-hetero) is 1. The van der Waals surface area contributed by atoms with Gasteiger partial charge >= 0.3 is 0 Å². The van der Waals surface area contributed by atoms with Gasteiger partial charge in [-0.1, -0.05) is 35.6 Å². The molecule has 0 saturated heterocycles. The molecule has 3 rings (SSSR count). The van der Waals surface area contributed by atoms with E-state index in [1.807, 2.05) is 56.3 Å². The SMILES string of the molecule is Cc1ccc(C(=O)CCC(=O)Nc2nc3ccccc3s2)cc1C. The van der Waals surface area contributed by atoms with Crippen LogP contribution in [0.1, 0.15) is 34.3 Å². The molecule has 0 radical (unpaired) electrons. The number of benzene rings is 2. The third kappa shape index (κ3) is 3.68. The van der Waals surface area contributed by atoms with E-state index in [-0.39, 0.29) is 24.5 Å². The van der Waals surface area contributed by atoms with Crippen LogP contribution in [0.25, 0.3) is 10.2 Å². The van der Waals surface area contributed by atoms with Crippen LogP contribution >= 0.6 is 11.3 Å². The van der Waals surface area contributed by atoms with Gasteiger partial charge in [0.25, 0.3) is 0 Å². The molecule has 0 aliphatic heterocycles. The van der Waals surface area contributed by atoms with Crippen LogP contribution in [0.15, 0.2) is 42.5 Å². The lowest BCUT2D eigenvalue weighted by Gasteiger charge is -2.05. The van der Waals surface area contributed by atoms with Gasteiger partial charge in [-0.05, 0) is 43.2 Å². The molecule has 1 heterocycles. The second kappa shape index (κ2) is 6.93. The second-order valence-electron chi connectivity index (χ2n) is 5.76. The molecule has 5 heteroatoms. The number of carbonyl (C=O) groups is 2.